The number of esters is 1. The van der Waals surface area contributed by atoms with Gasteiger partial charge < -0.3 is 4.74 Å². The van der Waals surface area contributed by atoms with E-state index in [0.717, 1.165) is 6.42 Å². The van der Waals surface area contributed by atoms with Crippen LogP contribution in [0.1, 0.15) is 48.5 Å². The van der Waals surface area contributed by atoms with Gasteiger partial charge in [0.25, 0.3) is 0 Å². The van der Waals surface area contributed by atoms with Gasteiger partial charge in [0.15, 0.2) is 0 Å². The van der Waals surface area contributed by atoms with Crippen LogP contribution < -0.4 is 4.74 Å². The van der Waals surface area contributed by atoms with E-state index in [4.69, 9.17) is 4.74 Å². The van der Waals surface area contributed by atoms with E-state index in [1.54, 1.807) is 12.1 Å². The lowest BCUT2D eigenvalue weighted by Gasteiger charge is -2.05. The monoisotopic (exact) mass is 282 g/mol. The van der Waals surface area contributed by atoms with Crippen molar-refractivity contribution in [3.8, 4) is 5.75 Å². The summed E-state index contributed by atoms with van der Waals surface area (Å²) in [6, 6.07) is 16.9. The van der Waals surface area contributed by atoms with Crippen molar-refractivity contribution in [2.24, 2.45) is 0 Å². The van der Waals surface area contributed by atoms with E-state index in [1.165, 1.54) is 31.2 Å². The third kappa shape index (κ3) is 5.07. The average molecular weight is 282 g/mol. The van der Waals surface area contributed by atoms with Gasteiger partial charge in [-0.25, -0.2) is 4.79 Å². The van der Waals surface area contributed by atoms with E-state index in [0.29, 0.717) is 11.3 Å². The predicted molar refractivity (Wildman–Crippen MR) is 85.7 cm³/mol. The zero-order chi connectivity index (χ0) is 14.9. The fourth-order valence-electron chi connectivity index (χ4n) is 2.22. The van der Waals surface area contributed by atoms with Crippen molar-refractivity contribution in [3.63, 3.8) is 0 Å². The van der Waals surface area contributed by atoms with Crippen LogP contribution in [0.3, 0.4) is 0 Å². The van der Waals surface area contributed by atoms with Crippen molar-refractivity contribution < 1.29 is 9.53 Å². The van der Waals surface area contributed by atoms with Crippen LogP contribution in [0.15, 0.2) is 54.6 Å². The minimum Gasteiger partial charge on any atom is -0.423 e. The molecule has 0 aliphatic heterocycles. The van der Waals surface area contributed by atoms with Crippen LogP contribution in [0, 0.1) is 0 Å². The maximum absolute atomic E-state index is 12.0. The Bertz CT molecular complexity index is 544. The SMILES string of the molecule is CCCCCCc1ccc(C(=O)Oc2ccccc2)cc1. The first-order chi connectivity index (χ1) is 10.3. The summed E-state index contributed by atoms with van der Waals surface area (Å²) in [7, 11) is 0. The molecule has 2 aromatic rings. The number of carbonyl (C=O) groups is 1. The molecule has 0 heterocycles. The van der Waals surface area contributed by atoms with Crippen LogP contribution in [0.2, 0.25) is 0 Å². The number of hydrogen-bond donors (Lipinski definition) is 0. The summed E-state index contributed by atoms with van der Waals surface area (Å²) in [6.07, 6.45) is 6.11. The van der Waals surface area contributed by atoms with Gasteiger partial charge in [0.1, 0.15) is 5.75 Å². The second-order valence-electron chi connectivity index (χ2n) is 5.21. The Hall–Kier alpha value is -2.09. The van der Waals surface area contributed by atoms with Gasteiger partial charge in [-0.05, 0) is 42.7 Å². The van der Waals surface area contributed by atoms with E-state index >= 15 is 0 Å². The molecule has 0 unspecified atom stereocenters. The highest BCUT2D eigenvalue weighted by Crippen LogP contribution is 2.14. The number of para-hydroxylation sites is 1. The maximum Gasteiger partial charge on any atom is 0.343 e. The summed E-state index contributed by atoms with van der Waals surface area (Å²) in [5.41, 5.74) is 1.87. The van der Waals surface area contributed by atoms with Crippen LogP contribution >= 0.6 is 0 Å². The van der Waals surface area contributed by atoms with Crippen LogP contribution in [-0.2, 0) is 6.42 Å². The molecule has 21 heavy (non-hydrogen) atoms. The smallest absolute Gasteiger partial charge is 0.343 e. The van der Waals surface area contributed by atoms with Gasteiger partial charge in [-0.2, -0.15) is 0 Å². The first-order valence-electron chi connectivity index (χ1n) is 7.66. The normalized spacial score (nSPS) is 10.3. The minimum atomic E-state index is -0.307. The van der Waals surface area contributed by atoms with E-state index in [2.05, 4.69) is 6.92 Å². The molecule has 0 N–H and O–H groups in total. The molecular weight excluding hydrogens is 260 g/mol. The Balaban J connectivity index is 1.88. The molecule has 0 fully saturated rings. The number of benzene rings is 2. The topological polar surface area (TPSA) is 26.3 Å². The molecule has 0 saturated heterocycles. The molecular formula is C19H22O2. The fraction of sp³-hybridized carbons (Fsp3) is 0.316. The zero-order valence-electron chi connectivity index (χ0n) is 12.5. The molecule has 110 valence electrons. The van der Waals surface area contributed by atoms with Gasteiger partial charge in [-0.1, -0.05) is 56.5 Å². The lowest BCUT2D eigenvalue weighted by molar-refractivity contribution is 0.0735. The predicted octanol–water partition coefficient (Wildman–Crippen LogP) is 5.03. The Kier molecular flexibility index (Phi) is 6.01. The fourth-order valence-corrected chi connectivity index (χ4v) is 2.22. The Morgan fingerprint density at radius 2 is 1.62 bits per heavy atom. The summed E-state index contributed by atoms with van der Waals surface area (Å²) in [5.74, 6) is 0.268. The zero-order valence-corrected chi connectivity index (χ0v) is 12.5. The summed E-state index contributed by atoms with van der Waals surface area (Å²) in [6.45, 7) is 2.22. The number of carbonyl (C=O) groups excluding carboxylic acids is 1. The molecule has 0 amide bonds. The number of aryl methyl sites for hydroxylation is 1. The summed E-state index contributed by atoms with van der Waals surface area (Å²) < 4.78 is 5.31. The molecule has 0 atom stereocenters. The third-order valence-corrected chi connectivity index (χ3v) is 3.46. The Labute approximate surface area is 126 Å². The lowest BCUT2D eigenvalue weighted by atomic mass is 10.0. The molecule has 0 aromatic heterocycles. The second-order valence-corrected chi connectivity index (χ2v) is 5.21. The van der Waals surface area contributed by atoms with E-state index in [9.17, 15) is 4.79 Å². The Morgan fingerprint density at radius 3 is 2.29 bits per heavy atom. The van der Waals surface area contributed by atoms with Crippen LogP contribution in [0.4, 0.5) is 0 Å². The molecule has 2 aromatic carbocycles. The van der Waals surface area contributed by atoms with Gasteiger partial charge in [-0.15, -0.1) is 0 Å². The average Bonchev–Trinajstić information content (AvgIpc) is 2.53. The number of unbranched alkanes of at least 4 members (excludes halogenated alkanes) is 3. The van der Waals surface area contributed by atoms with Crippen molar-refractivity contribution in [2.75, 3.05) is 0 Å². The van der Waals surface area contributed by atoms with Gasteiger partial charge in [0.2, 0.25) is 0 Å². The van der Waals surface area contributed by atoms with Crippen molar-refractivity contribution in [1.82, 2.24) is 0 Å². The van der Waals surface area contributed by atoms with E-state index < -0.39 is 0 Å². The molecule has 0 aliphatic carbocycles. The number of hydrogen-bond acceptors (Lipinski definition) is 2. The minimum absolute atomic E-state index is 0.307. The summed E-state index contributed by atoms with van der Waals surface area (Å²) >= 11 is 0. The molecule has 2 rings (SSSR count). The van der Waals surface area contributed by atoms with Crippen LogP contribution in [0.5, 0.6) is 5.75 Å². The van der Waals surface area contributed by atoms with Crippen LogP contribution in [0.25, 0.3) is 0 Å². The first-order valence-corrected chi connectivity index (χ1v) is 7.66. The van der Waals surface area contributed by atoms with E-state index in [-0.39, 0.29) is 5.97 Å². The van der Waals surface area contributed by atoms with E-state index in [1.807, 2.05) is 42.5 Å². The summed E-state index contributed by atoms with van der Waals surface area (Å²) in [4.78, 5) is 12.0. The van der Waals surface area contributed by atoms with Crippen LogP contribution in [-0.4, -0.2) is 5.97 Å². The van der Waals surface area contributed by atoms with Gasteiger partial charge in [-0.3, -0.25) is 0 Å². The van der Waals surface area contributed by atoms with Gasteiger partial charge in [0, 0.05) is 0 Å². The number of ether oxygens (including phenoxy) is 1. The van der Waals surface area contributed by atoms with Gasteiger partial charge >= 0.3 is 5.97 Å². The quantitative estimate of drug-likeness (QED) is 0.404. The highest BCUT2D eigenvalue weighted by Gasteiger charge is 2.08. The lowest BCUT2D eigenvalue weighted by Crippen LogP contribution is -2.08. The van der Waals surface area contributed by atoms with Crippen molar-refractivity contribution >= 4 is 5.97 Å². The molecule has 0 saturated carbocycles. The molecule has 2 heteroatoms. The van der Waals surface area contributed by atoms with Gasteiger partial charge in [0.05, 0.1) is 5.56 Å². The second kappa shape index (κ2) is 8.25. The standard InChI is InChI=1S/C19H22O2/c1-2-3-4-6-9-16-12-14-17(15-13-16)19(20)21-18-10-7-5-8-11-18/h5,7-8,10-15H,2-4,6,9H2,1H3. The first kappa shape index (κ1) is 15.3. The summed E-state index contributed by atoms with van der Waals surface area (Å²) in [5, 5.41) is 0. The molecule has 0 aliphatic rings. The van der Waals surface area contributed by atoms with Crippen molar-refractivity contribution in [3.05, 3.63) is 65.7 Å². The van der Waals surface area contributed by atoms with Crippen molar-refractivity contribution in [1.29, 1.82) is 0 Å². The molecule has 0 spiro atoms. The highest BCUT2D eigenvalue weighted by molar-refractivity contribution is 5.91. The molecule has 0 bridgehead atoms. The highest BCUT2D eigenvalue weighted by atomic mass is 16.5. The molecule has 2 nitrogen and oxygen atoms in total. The third-order valence-electron chi connectivity index (χ3n) is 3.46. The largest absolute Gasteiger partial charge is 0.423 e. The molecule has 0 radical (unpaired) electrons. The number of rotatable bonds is 7. The van der Waals surface area contributed by atoms with Crippen molar-refractivity contribution in [2.45, 2.75) is 39.0 Å². The maximum atomic E-state index is 12.0. The Morgan fingerprint density at radius 1 is 0.905 bits per heavy atom.